The maximum atomic E-state index is 13.0. The number of nitrogens with zero attached hydrogens (tertiary/aromatic N) is 1. The van der Waals surface area contributed by atoms with Crippen LogP contribution in [0.15, 0.2) is 47.4 Å². The summed E-state index contributed by atoms with van der Waals surface area (Å²) >= 11 is 0. The second-order valence-electron chi connectivity index (χ2n) is 7.73. The molecule has 2 aromatic rings. The molecule has 1 saturated heterocycles. The number of sulfonamides is 1. The number of nitrogens with one attached hydrogen (secondary N) is 1. The third-order valence-electron chi connectivity index (χ3n) is 5.84. The highest BCUT2D eigenvalue weighted by Gasteiger charge is 2.32. The van der Waals surface area contributed by atoms with Gasteiger partial charge >= 0.3 is 0 Å². The van der Waals surface area contributed by atoms with Crippen LogP contribution in [0.4, 0.5) is 5.69 Å². The minimum atomic E-state index is -3.58. The molecule has 1 aliphatic heterocycles. The fourth-order valence-corrected chi connectivity index (χ4v) is 5.48. The molecule has 2 aromatic carbocycles. The molecule has 1 aliphatic rings. The van der Waals surface area contributed by atoms with Crippen molar-refractivity contribution in [2.45, 2.75) is 51.3 Å². The van der Waals surface area contributed by atoms with Crippen LogP contribution in [-0.2, 0) is 27.7 Å². The van der Waals surface area contributed by atoms with Crippen molar-refractivity contribution in [3.63, 3.8) is 0 Å². The van der Waals surface area contributed by atoms with Gasteiger partial charge in [-0.25, -0.2) is 8.42 Å². The number of ether oxygens (including phenoxy) is 1. The standard InChI is InChI=1S/C24H32N2O4S/c1-4-18-8-7-9-19(5-2)23(18)25-24(27)20-14-16-26(17-15-20)31(28,29)22-12-10-21(11-13-22)30-6-3/h7-13,20H,4-6,14-17H2,1-3H3,(H,25,27). The molecule has 7 heteroatoms. The maximum Gasteiger partial charge on any atom is 0.243 e. The first-order chi connectivity index (χ1) is 14.9. The number of carbonyl (C=O) groups excluding carboxylic acids is 1. The van der Waals surface area contributed by atoms with Crippen LogP contribution in [0.25, 0.3) is 0 Å². The first-order valence-electron chi connectivity index (χ1n) is 11.0. The second-order valence-corrected chi connectivity index (χ2v) is 9.67. The van der Waals surface area contributed by atoms with Gasteiger partial charge in [-0.05, 0) is 68.0 Å². The van der Waals surface area contributed by atoms with Gasteiger partial charge in [0.1, 0.15) is 5.75 Å². The van der Waals surface area contributed by atoms with E-state index in [9.17, 15) is 13.2 Å². The zero-order chi connectivity index (χ0) is 22.4. The highest BCUT2D eigenvalue weighted by atomic mass is 32.2. The van der Waals surface area contributed by atoms with Crippen LogP contribution >= 0.6 is 0 Å². The Bertz CT molecular complexity index is 972. The third-order valence-corrected chi connectivity index (χ3v) is 7.76. The first kappa shape index (κ1) is 23.3. The summed E-state index contributed by atoms with van der Waals surface area (Å²) in [7, 11) is -3.58. The second kappa shape index (κ2) is 10.3. The molecule has 1 fully saturated rings. The Balaban J connectivity index is 1.64. The van der Waals surface area contributed by atoms with Crippen molar-refractivity contribution in [3.8, 4) is 5.75 Å². The van der Waals surface area contributed by atoms with E-state index >= 15 is 0 Å². The zero-order valence-corrected chi connectivity index (χ0v) is 19.4. The Hall–Kier alpha value is -2.38. The van der Waals surface area contributed by atoms with E-state index in [0.717, 1.165) is 29.7 Å². The van der Waals surface area contributed by atoms with Crippen molar-refractivity contribution in [2.75, 3.05) is 25.0 Å². The lowest BCUT2D eigenvalue weighted by atomic mass is 9.96. The van der Waals surface area contributed by atoms with E-state index in [1.807, 2.05) is 25.1 Å². The van der Waals surface area contributed by atoms with E-state index in [1.54, 1.807) is 24.3 Å². The number of hydrogen-bond donors (Lipinski definition) is 1. The van der Waals surface area contributed by atoms with Crippen LogP contribution in [-0.4, -0.2) is 38.3 Å². The summed E-state index contributed by atoms with van der Waals surface area (Å²) in [5, 5.41) is 3.13. The molecule has 0 aromatic heterocycles. The summed E-state index contributed by atoms with van der Waals surface area (Å²) in [4.78, 5) is 13.2. The van der Waals surface area contributed by atoms with Crippen LogP contribution in [0.1, 0.15) is 44.7 Å². The Kier molecular flexibility index (Phi) is 7.73. The molecular weight excluding hydrogens is 412 g/mol. The Morgan fingerprint density at radius 1 is 1.00 bits per heavy atom. The monoisotopic (exact) mass is 444 g/mol. The Labute approximate surface area is 185 Å². The van der Waals surface area contributed by atoms with Crippen LogP contribution < -0.4 is 10.1 Å². The van der Waals surface area contributed by atoms with Gasteiger partial charge in [0.05, 0.1) is 11.5 Å². The highest BCUT2D eigenvalue weighted by molar-refractivity contribution is 7.89. The Morgan fingerprint density at radius 3 is 2.10 bits per heavy atom. The van der Waals surface area contributed by atoms with Crippen LogP contribution in [0.5, 0.6) is 5.75 Å². The normalized spacial score (nSPS) is 15.6. The number of benzene rings is 2. The predicted octanol–water partition coefficient (Wildman–Crippen LogP) is 4.25. The average molecular weight is 445 g/mol. The summed E-state index contributed by atoms with van der Waals surface area (Å²) in [6.07, 6.45) is 2.72. The van der Waals surface area contributed by atoms with E-state index < -0.39 is 10.0 Å². The fourth-order valence-electron chi connectivity index (χ4n) is 4.01. The molecule has 0 radical (unpaired) electrons. The molecule has 31 heavy (non-hydrogen) atoms. The van der Waals surface area contributed by atoms with Crippen molar-refractivity contribution in [1.29, 1.82) is 0 Å². The number of hydrogen-bond acceptors (Lipinski definition) is 4. The molecule has 0 saturated carbocycles. The van der Waals surface area contributed by atoms with Gasteiger partial charge < -0.3 is 10.1 Å². The molecule has 1 amide bonds. The van der Waals surface area contributed by atoms with Crippen molar-refractivity contribution in [2.24, 2.45) is 5.92 Å². The lowest BCUT2D eigenvalue weighted by Crippen LogP contribution is -2.41. The quantitative estimate of drug-likeness (QED) is 0.660. The summed E-state index contributed by atoms with van der Waals surface area (Å²) < 4.78 is 32.8. The van der Waals surface area contributed by atoms with Gasteiger partial charge in [-0.3, -0.25) is 4.79 Å². The predicted molar refractivity (Wildman–Crippen MR) is 123 cm³/mol. The molecule has 168 valence electrons. The number of piperidine rings is 1. The van der Waals surface area contributed by atoms with Crippen molar-refractivity contribution in [3.05, 3.63) is 53.6 Å². The van der Waals surface area contributed by atoms with Crippen LogP contribution in [0, 0.1) is 5.92 Å². The van der Waals surface area contributed by atoms with E-state index in [0.29, 0.717) is 38.3 Å². The minimum absolute atomic E-state index is 0.0197. The summed E-state index contributed by atoms with van der Waals surface area (Å²) in [5.41, 5.74) is 3.17. The lowest BCUT2D eigenvalue weighted by Gasteiger charge is -2.31. The van der Waals surface area contributed by atoms with E-state index in [1.165, 1.54) is 4.31 Å². The number of anilines is 1. The maximum absolute atomic E-state index is 13.0. The van der Waals surface area contributed by atoms with Crippen LogP contribution in [0.2, 0.25) is 0 Å². The molecular formula is C24H32N2O4S. The summed E-state index contributed by atoms with van der Waals surface area (Å²) in [5.74, 6) is 0.436. The largest absolute Gasteiger partial charge is 0.494 e. The molecule has 0 spiro atoms. The average Bonchev–Trinajstić information content (AvgIpc) is 2.79. The molecule has 3 rings (SSSR count). The third kappa shape index (κ3) is 5.28. The van der Waals surface area contributed by atoms with E-state index in [-0.39, 0.29) is 16.7 Å². The SMILES string of the molecule is CCOc1ccc(S(=O)(=O)N2CCC(C(=O)Nc3c(CC)cccc3CC)CC2)cc1. The number of aryl methyl sites for hydroxylation is 2. The molecule has 0 aliphatic carbocycles. The molecule has 1 N–H and O–H groups in total. The van der Waals surface area contributed by atoms with Gasteiger partial charge in [0.15, 0.2) is 0 Å². The van der Waals surface area contributed by atoms with Crippen LogP contribution in [0.3, 0.4) is 0 Å². The number of carbonyl (C=O) groups is 1. The first-order valence-corrected chi connectivity index (χ1v) is 12.5. The van der Waals surface area contributed by atoms with Gasteiger partial charge in [0.2, 0.25) is 15.9 Å². The van der Waals surface area contributed by atoms with Gasteiger partial charge in [-0.1, -0.05) is 32.0 Å². The molecule has 6 nitrogen and oxygen atoms in total. The van der Waals surface area contributed by atoms with Crippen molar-refractivity contribution >= 4 is 21.6 Å². The zero-order valence-electron chi connectivity index (χ0n) is 18.6. The smallest absolute Gasteiger partial charge is 0.243 e. The van der Waals surface area contributed by atoms with E-state index in [2.05, 4.69) is 19.2 Å². The van der Waals surface area contributed by atoms with Gasteiger partial charge in [0.25, 0.3) is 0 Å². The van der Waals surface area contributed by atoms with Gasteiger partial charge in [-0.2, -0.15) is 4.31 Å². The fraction of sp³-hybridized carbons (Fsp3) is 0.458. The number of para-hydroxylation sites is 1. The number of amides is 1. The van der Waals surface area contributed by atoms with Gasteiger partial charge in [-0.15, -0.1) is 0 Å². The number of rotatable bonds is 8. The molecule has 0 bridgehead atoms. The minimum Gasteiger partial charge on any atom is -0.494 e. The molecule has 0 atom stereocenters. The topological polar surface area (TPSA) is 75.7 Å². The summed E-state index contributed by atoms with van der Waals surface area (Å²) in [6, 6.07) is 12.6. The van der Waals surface area contributed by atoms with E-state index in [4.69, 9.17) is 4.74 Å². The Morgan fingerprint density at radius 2 is 1.58 bits per heavy atom. The van der Waals surface area contributed by atoms with Crippen molar-refractivity contribution < 1.29 is 17.9 Å². The van der Waals surface area contributed by atoms with Crippen molar-refractivity contribution in [1.82, 2.24) is 4.31 Å². The molecule has 1 heterocycles. The highest BCUT2D eigenvalue weighted by Crippen LogP contribution is 2.28. The van der Waals surface area contributed by atoms with Gasteiger partial charge in [0, 0.05) is 24.7 Å². The lowest BCUT2D eigenvalue weighted by molar-refractivity contribution is -0.120. The summed E-state index contributed by atoms with van der Waals surface area (Å²) in [6.45, 7) is 7.25. The molecule has 0 unspecified atom stereocenters.